The average Bonchev–Trinajstić information content (AvgIpc) is 2.60. The van der Waals surface area contributed by atoms with Gasteiger partial charge in [-0.15, -0.1) is 0 Å². The van der Waals surface area contributed by atoms with Crippen LogP contribution in [-0.4, -0.2) is 60.0 Å². The summed E-state index contributed by atoms with van der Waals surface area (Å²) in [6.07, 6.45) is 4.94. The molecule has 1 saturated heterocycles. The number of hydrogen-bond acceptors (Lipinski definition) is 5. The summed E-state index contributed by atoms with van der Waals surface area (Å²) < 4.78 is 6.60. The highest BCUT2D eigenvalue weighted by atomic mass is 16.5. The van der Waals surface area contributed by atoms with E-state index in [4.69, 9.17) is 4.74 Å². The highest BCUT2D eigenvalue weighted by molar-refractivity contribution is 5.75. The molecular formula is C17H26N4O3. The van der Waals surface area contributed by atoms with E-state index in [2.05, 4.69) is 15.3 Å². The number of nitrogens with zero attached hydrogens (tertiary/aromatic N) is 3. The number of carbonyl (C=O) groups is 1. The molecule has 0 bridgehead atoms. The zero-order valence-electron chi connectivity index (χ0n) is 14.1. The lowest BCUT2D eigenvalue weighted by Gasteiger charge is -2.26. The van der Waals surface area contributed by atoms with Gasteiger partial charge in [-0.1, -0.05) is 0 Å². The van der Waals surface area contributed by atoms with Gasteiger partial charge in [0.05, 0.1) is 18.9 Å². The number of aryl methyl sites for hydroxylation is 2. The molecule has 1 N–H and O–H groups in total. The number of fused-ring (bicyclic) bond motifs is 1. The molecule has 132 valence electrons. The summed E-state index contributed by atoms with van der Waals surface area (Å²) in [5.41, 5.74) is 1.84. The van der Waals surface area contributed by atoms with Crippen LogP contribution in [-0.2, 0) is 28.9 Å². The van der Waals surface area contributed by atoms with Crippen LogP contribution in [0.3, 0.4) is 0 Å². The first-order chi connectivity index (χ1) is 11.7. The maximum absolute atomic E-state index is 12.1. The maximum atomic E-state index is 12.1. The van der Waals surface area contributed by atoms with Crippen LogP contribution in [0.25, 0.3) is 0 Å². The van der Waals surface area contributed by atoms with Crippen molar-refractivity contribution in [3.63, 3.8) is 0 Å². The molecule has 0 aromatic carbocycles. The van der Waals surface area contributed by atoms with E-state index in [-0.39, 0.29) is 18.0 Å². The van der Waals surface area contributed by atoms with Crippen molar-refractivity contribution >= 4 is 5.91 Å². The molecule has 0 atom stereocenters. The predicted molar refractivity (Wildman–Crippen MR) is 90.0 cm³/mol. The summed E-state index contributed by atoms with van der Waals surface area (Å²) in [6, 6.07) is 1.65. The predicted octanol–water partition coefficient (Wildman–Crippen LogP) is -0.0394. The Balaban J connectivity index is 1.44. The molecule has 1 aromatic rings. The molecular weight excluding hydrogens is 308 g/mol. The Labute approximate surface area is 142 Å². The van der Waals surface area contributed by atoms with Crippen LogP contribution in [0.4, 0.5) is 0 Å². The number of hydrogen-bond donors (Lipinski definition) is 1. The van der Waals surface area contributed by atoms with Gasteiger partial charge < -0.3 is 10.1 Å². The van der Waals surface area contributed by atoms with Gasteiger partial charge in [-0.3, -0.25) is 14.5 Å². The van der Waals surface area contributed by atoms with E-state index in [1.54, 1.807) is 6.07 Å². The van der Waals surface area contributed by atoms with Gasteiger partial charge in [0.25, 0.3) is 5.56 Å². The lowest BCUT2D eigenvalue weighted by Crippen LogP contribution is -2.39. The molecule has 1 aliphatic carbocycles. The lowest BCUT2D eigenvalue weighted by atomic mass is 9.97. The van der Waals surface area contributed by atoms with Crippen molar-refractivity contribution in [3.05, 3.63) is 27.7 Å². The fourth-order valence-electron chi connectivity index (χ4n) is 3.26. The molecule has 0 radical (unpaired) electrons. The molecule has 7 heteroatoms. The molecule has 2 aliphatic rings. The third-order valence-corrected chi connectivity index (χ3v) is 4.64. The minimum atomic E-state index is -0.181. The van der Waals surface area contributed by atoms with E-state index in [9.17, 15) is 9.59 Å². The zero-order chi connectivity index (χ0) is 16.8. The summed E-state index contributed by atoms with van der Waals surface area (Å²) in [7, 11) is 0. The van der Waals surface area contributed by atoms with Crippen LogP contribution in [0.15, 0.2) is 10.9 Å². The van der Waals surface area contributed by atoms with Gasteiger partial charge in [-0.2, -0.15) is 5.10 Å². The molecule has 1 aromatic heterocycles. The molecule has 1 amide bonds. The van der Waals surface area contributed by atoms with Crippen LogP contribution >= 0.6 is 0 Å². The Bertz CT molecular complexity index is 623. The molecule has 1 aliphatic heterocycles. The molecule has 1 fully saturated rings. The average molecular weight is 334 g/mol. The van der Waals surface area contributed by atoms with Gasteiger partial charge in [0, 0.05) is 25.7 Å². The van der Waals surface area contributed by atoms with Crippen molar-refractivity contribution < 1.29 is 9.53 Å². The van der Waals surface area contributed by atoms with E-state index in [0.29, 0.717) is 6.54 Å². The van der Waals surface area contributed by atoms with Gasteiger partial charge in [-0.05, 0) is 44.2 Å². The number of ether oxygens (including phenoxy) is 1. The number of aromatic nitrogens is 2. The van der Waals surface area contributed by atoms with E-state index in [1.165, 1.54) is 4.68 Å². The summed E-state index contributed by atoms with van der Waals surface area (Å²) in [5, 5.41) is 7.26. The molecule has 3 rings (SSSR count). The Hall–Kier alpha value is -1.73. The Kier molecular flexibility index (Phi) is 5.98. The van der Waals surface area contributed by atoms with Gasteiger partial charge >= 0.3 is 0 Å². The van der Waals surface area contributed by atoms with E-state index < -0.39 is 0 Å². The topological polar surface area (TPSA) is 76.5 Å². The lowest BCUT2D eigenvalue weighted by molar-refractivity contribution is -0.121. The molecule has 0 unspecified atom stereocenters. The largest absolute Gasteiger partial charge is 0.379 e. The molecule has 24 heavy (non-hydrogen) atoms. The number of nitrogens with one attached hydrogen (secondary N) is 1. The van der Waals surface area contributed by atoms with Gasteiger partial charge in [0.2, 0.25) is 5.91 Å². The minimum Gasteiger partial charge on any atom is -0.379 e. The van der Waals surface area contributed by atoms with Crippen LogP contribution in [0.5, 0.6) is 0 Å². The molecule has 2 heterocycles. The normalized spacial score (nSPS) is 18.2. The first-order valence-electron chi connectivity index (χ1n) is 8.89. The fourth-order valence-corrected chi connectivity index (χ4v) is 3.26. The Morgan fingerprint density at radius 1 is 1.25 bits per heavy atom. The van der Waals surface area contributed by atoms with Crippen LogP contribution in [0.1, 0.15) is 30.5 Å². The summed E-state index contributed by atoms with van der Waals surface area (Å²) in [5.74, 6) is -0.151. The number of rotatable bonds is 6. The standard InChI is InChI=1S/C17H26N4O3/c22-16(18-6-3-7-20-8-10-24-11-9-20)13-21-17(23)12-14-4-1-2-5-15(14)19-21/h12H,1-11,13H2,(H,18,22). The first-order valence-corrected chi connectivity index (χ1v) is 8.89. The fraction of sp³-hybridized carbons (Fsp3) is 0.706. The van der Waals surface area contributed by atoms with Crippen LogP contribution in [0.2, 0.25) is 0 Å². The minimum absolute atomic E-state index is 0.00364. The number of amides is 1. The van der Waals surface area contributed by atoms with Crippen molar-refractivity contribution in [2.75, 3.05) is 39.4 Å². The van der Waals surface area contributed by atoms with Crippen molar-refractivity contribution in [2.45, 2.75) is 38.6 Å². The molecule has 7 nitrogen and oxygen atoms in total. The van der Waals surface area contributed by atoms with Crippen molar-refractivity contribution in [3.8, 4) is 0 Å². The van der Waals surface area contributed by atoms with Crippen molar-refractivity contribution in [1.82, 2.24) is 20.0 Å². The smallest absolute Gasteiger partial charge is 0.267 e. The Morgan fingerprint density at radius 3 is 2.88 bits per heavy atom. The highest BCUT2D eigenvalue weighted by Gasteiger charge is 2.15. The SMILES string of the molecule is O=C(Cn1nc2c(cc1=O)CCCC2)NCCCN1CCOCC1. The summed E-state index contributed by atoms with van der Waals surface area (Å²) in [4.78, 5) is 26.4. The quantitative estimate of drug-likeness (QED) is 0.739. The van der Waals surface area contributed by atoms with Gasteiger partial charge in [-0.25, -0.2) is 4.68 Å². The maximum Gasteiger partial charge on any atom is 0.267 e. The first kappa shape index (κ1) is 17.1. The van der Waals surface area contributed by atoms with Crippen molar-refractivity contribution in [1.29, 1.82) is 0 Å². The Morgan fingerprint density at radius 2 is 2.04 bits per heavy atom. The van der Waals surface area contributed by atoms with Crippen LogP contribution < -0.4 is 10.9 Å². The second-order valence-electron chi connectivity index (χ2n) is 6.48. The van der Waals surface area contributed by atoms with Crippen LogP contribution in [0, 0.1) is 0 Å². The zero-order valence-corrected chi connectivity index (χ0v) is 14.1. The second kappa shape index (κ2) is 8.39. The van der Waals surface area contributed by atoms with E-state index in [0.717, 1.165) is 76.2 Å². The van der Waals surface area contributed by atoms with E-state index in [1.807, 2.05) is 0 Å². The second-order valence-corrected chi connectivity index (χ2v) is 6.48. The van der Waals surface area contributed by atoms with Gasteiger partial charge in [0.15, 0.2) is 0 Å². The summed E-state index contributed by atoms with van der Waals surface area (Å²) >= 11 is 0. The number of carbonyl (C=O) groups excluding carboxylic acids is 1. The molecule has 0 saturated carbocycles. The van der Waals surface area contributed by atoms with Crippen molar-refractivity contribution in [2.24, 2.45) is 0 Å². The van der Waals surface area contributed by atoms with E-state index >= 15 is 0 Å². The highest BCUT2D eigenvalue weighted by Crippen LogP contribution is 2.16. The monoisotopic (exact) mass is 334 g/mol. The third-order valence-electron chi connectivity index (χ3n) is 4.64. The third kappa shape index (κ3) is 4.64. The molecule has 0 spiro atoms. The number of morpholine rings is 1. The summed E-state index contributed by atoms with van der Waals surface area (Å²) in [6.45, 7) is 5.09. The van der Waals surface area contributed by atoms with Gasteiger partial charge in [0.1, 0.15) is 6.54 Å².